The van der Waals surface area contributed by atoms with Crippen molar-refractivity contribution in [3.05, 3.63) is 11.9 Å². The van der Waals surface area contributed by atoms with Crippen LogP contribution in [0.3, 0.4) is 0 Å². The van der Waals surface area contributed by atoms with Crippen LogP contribution in [0.25, 0.3) is 0 Å². The number of carbonyl (C=O) groups excluding carboxylic acids is 1. The molecule has 1 amide bonds. The minimum Gasteiger partial charge on any atom is -0.350 e. The fraction of sp³-hybridized carbons (Fsp3) is 0.812. The maximum Gasteiger partial charge on any atom is 0.281 e. The molecule has 1 unspecified atom stereocenters. The molecule has 2 fully saturated rings. The van der Waals surface area contributed by atoms with Gasteiger partial charge in [-0.2, -0.15) is 17.0 Å². The summed E-state index contributed by atoms with van der Waals surface area (Å²) >= 11 is 0. The van der Waals surface area contributed by atoms with Crippen LogP contribution in [0.5, 0.6) is 0 Å². The molecule has 1 aliphatic heterocycles. The van der Waals surface area contributed by atoms with Gasteiger partial charge < -0.3 is 5.32 Å². The number of amides is 1. The summed E-state index contributed by atoms with van der Waals surface area (Å²) in [6.45, 7) is 1.79. The third kappa shape index (κ3) is 4.60. The predicted octanol–water partition coefficient (Wildman–Crippen LogP) is 0.469. The van der Waals surface area contributed by atoms with E-state index in [4.69, 9.17) is 0 Å². The predicted molar refractivity (Wildman–Crippen MR) is 96.6 cm³/mol. The van der Waals surface area contributed by atoms with Gasteiger partial charge in [0.2, 0.25) is 0 Å². The Hall–Kier alpha value is -1.52. The molecular weight excluding hydrogens is 356 g/mol. The Labute approximate surface area is 154 Å². The Kier molecular flexibility index (Phi) is 5.93. The fourth-order valence-electron chi connectivity index (χ4n) is 3.22. The lowest BCUT2D eigenvalue weighted by molar-refractivity contribution is 0.0946. The first-order valence-electron chi connectivity index (χ1n) is 9.25. The summed E-state index contributed by atoms with van der Waals surface area (Å²) in [6.07, 6.45) is 7.40. The lowest BCUT2D eigenvalue weighted by atomic mass is 10.0. The highest BCUT2D eigenvalue weighted by molar-refractivity contribution is 7.86. The number of aryl methyl sites for hydroxylation is 1. The van der Waals surface area contributed by atoms with Crippen LogP contribution in [-0.4, -0.2) is 71.2 Å². The zero-order valence-electron chi connectivity index (χ0n) is 15.5. The summed E-state index contributed by atoms with van der Waals surface area (Å²) in [5, 5.41) is 10.8. The zero-order chi connectivity index (χ0) is 18.7. The van der Waals surface area contributed by atoms with Crippen LogP contribution >= 0.6 is 0 Å². The third-order valence-corrected chi connectivity index (χ3v) is 7.04. The number of nitrogens with zero attached hydrogens (tertiary/aromatic N) is 5. The molecule has 3 rings (SSSR count). The first-order chi connectivity index (χ1) is 12.4. The van der Waals surface area contributed by atoms with Crippen molar-refractivity contribution in [2.75, 3.05) is 27.2 Å². The summed E-state index contributed by atoms with van der Waals surface area (Å²) in [6, 6.07) is -0.0486. The van der Waals surface area contributed by atoms with Crippen molar-refractivity contribution in [1.82, 2.24) is 28.9 Å². The maximum absolute atomic E-state index is 12.5. The first kappa shape index (κ1) is 19.2. The molecule has 1 aromatic heterocycles. The van der Waals surface area contributed by atoms with Crippen molar-refractivity contribution in [2.45, 2.75) is 51.1 Å². The van der Waals surface area contributed by atoms with Crippen LogP contribution in [-0.2, 0) is 16.8 Å². The molecule has 2 heterocycles. The molecule has 1 aliphatic carbocycles. The van der Waals surface area contributed by atoms with Gasteiger partial charge in [-0.25, -0.2) is 0 Å². The fourth-order valence-corrected chi connectivity index (χ4v) is 4.59. The average molecular weight is 385 g/mol. The number of nitrogens with one attached hydrogen (secondary N) is 1. The zero-order valence-corrected chi connectivity index (χ0v) is 16.3. The number of hydrogen-bond acceptors (Lipinski definition) is 5. The highest BCUT2D eigenvalue weighted by Crippen LogP contribution is 2.27. The molecule has 1 aromatic rings. The van der Waals surface area contributed by atoms with E-state index in [0.717, 1.165) is 19.3 Å². The van der Waals surface area contributed by atoms with Gasteiger partial charge in [0, 0.05) is 39.8 Å². The summed E-state index contributed by atoms with van der Waals surface area (Å²) in [5.74, 6) is 0.419. The second kappa shape index (κ2) is 8.01. The number of carbonyl (C=O) groups is 1. The molecule has 1 atom stereocenters. The van der Waals surface area contributed by atoms with Gasteiger partial charge in [-0.1, -0.05) is 11.6 Å². The number of rotatable bonds is 8. The van der Waals surface area contributed by atoms with Crippen LogP contribution in [0.2, 0.25) is 0 Å². The van der Waals surface area contributed by atoms with Gasteiger partial charge in [0.05, 0.1) is 6.20 Å². The SMILES string of the molecule is CN(C)S(=O)(=O)N1CCCCC1CCn1cc(C(=O)NCC2CC2)nn1. The molecule has 0 bridgehead atoms. The van der Waals surface area contributed by atoms with Gasteiger partial charge in [0.25, 0.3) is 16.1 Å². The molecule has 0 radical (unpaired) electrons. The summed E-state index contributed by atoms with van der Waals surface area (Å²) in [7, 11) is -0.293. The molecule has 0 spiro atoms. The smallest absolute Gasteiger partial charge is 0.281 e. The summed E-state index contributed by atoms with van der Waals surface area (Å²) in [5.41, 5.74) is 0.312. The van der Waals surface area contributed by atoms with E-state index in [2.05, 4.69) is 15.6 Å². The summed E-state index contributed by atoms with van der Waals surface area (Å²) < 4.78 is 29.5. The lowest BCUT2D eigenvalue weighted by Crippen LogP contribution is -2.48. The number of hydrogen-bond donors (Lipinski definition) is 1. The van der Waals surface area contributed by atoms with Gasteiger partial charge in [-0.3, -0.25) is 9.48 Å². The normalized spacial score (nSPS) is 21.9. The Bertz CT molecular complexity index is 728. The Morgan fingerprint density at radius 1 is 1.31 bits per heavy atom. The van der Waals surface area contributed by atoms with Crippen LogP contribution < -0.4 is 5.32 Å². The van der Waals surface area contributed by atoms with Crippen molar-refractivity contribution >= 4 is 16.1 Å². The Morgan fingerprint density at radius 2 is 2.08 bits per heavy atom. The quantitative estimate of drug-likeness (QED) is 0.702. The van der Waals surface area contributed by atoms with Gasteiger partial charge >= 0.3 is 0 Å². The maximum atomic E-state index is 12.5. The second-order valence-corrected chi connectivity index (χ2v) is 9.45. The van der Waals surface area contributed by atoms with Crippen molar-refractivity contribution in [3.8, 4) is 0 Å². The topological polar surface area (TPSA) is 100 Å². The molecule has 0 aromatic carbocycles. The highest BCUT2D eigenvalue weighted by atomic mass is 32.2. The van der Waals surface area contributed by atoms with Crippen molar-refractivity contribution in [1.29, 1.82) is 0 Å². The largest absolute Gasteiger partial charge is 0.350 e. The van der Waals surface area contributed by atoms with Crippen molar-refractivity contribution in [2.24, 2.45) is 5.92 Å². The second-order valence-electron chi connectivity index (χ2n) is 7.36. The van der Waals surface area contributed by atoms with Crippen LogP contribution in [0.15, 0.2) is 6.20 Å². The molecule has 2 aliphatic rings. The molecule has 1 saturated heterocycles. The van der Waals surface area contributed by atoms with Gasteiger partial charge in [0.15, 0.2) is 5.69 Å². The van der Waals surface area contributed by atoms with E-state index < -0.39 is 10.2 Å². The molecule has 26 heavy (non-hydrogen) atoms. The van der Waals surface area contributed by atoms with Crippen LogP contribution in [0.1, 0.15) is 49.0 Å². The molecule has 1 N–H and O–H groups in total. The Morgan fingerprint density at radius 3 is 2.77 bits per heavy atom. The highest BCUT2D eigenvalue weighted by Gasteiger charge is 2.33. The standard InChI is InChI=1S/C16H28N6O3S/c1-20(2)26(24,25)22-9-4-3-5-14(22)8-10-21-12-15(18-19-21)16(23)17-11-13-6-7-13/h12-14H,3-11H2,1-2H3,(H,17,23). The molecule has 146 valence electrons. The van der Waals surface area contributed by atoms with E-state index in [-0.39, 0.29) is 11.9 Å². The molecule has 10 heteroatoms. The Balaban J connectivity index is 1.56. The molecular formula is C16H28N6O3S. The van der Waals surface area contributed by atoms with E-state index in [1.165, 1.54) is 17.1 Å². The van der Waals surface area contributed by atoms with E-state index in [0.29, 0.717) is 37.7 Å². The minimum atomic E-state index is -3.41. The van der Waals surface area contributed by atoms with Gasteiger partial charge in [-0.05, 0) is 38.0 Å². The van der Waals surface area contributed by atoms with Crippen LogP contribution in [0, 0.1) is 5.92 Å². The number of aromatic nitrogens is 3. The summed E-state index contributed by atoms with van der Waals surface area (Å²) in [4.78, 5) is 12.0. The van der Waals surface area contributed by atoms with E-state index in [9.17, 15) is 13.2 Å². The molecule has 1 saturated carbocycles. The van der Waals surface area contributed by atoms with E-state index >= 15 is 0 Å². The van der Waals surface area contributed by atoms with Gasteiger partial charge in [0.1, 0.15) is 0 Å². The van der Waals surface area contributed by atoms with Crippen LogP contribution in [0.4, 0.5) is 0 Å². The van der Waals surface area contributed by atoms with Crippen molar-refractivity contribution in [3.63, 3.8) is 0 Å². The first-order valence-corrected chi connectivity index (χ1v) is 10.6. The van der Waals surface area contributed by atoms with E-state index in [1.807, 2.05) is 0 Å². The molecule has 9 nitrogen and oxygen atoms in total. The average Bonchev–Trinajstić information content (AvgIpc) is 3.33. The van der Waals surface area contributed by atoms with E-state index in [1.54, 1.807) is 29.3 Å². The van der Waals surface area contributed by atoms with Crippen molar-refractivity contribution < 1.29 is 13.2 Å². The minimum absolute atomic E-state index is 0.0486. The lowest BCUT2D eigenvalue weighted by Gasteiger charge is -2.36. The monoisotopic (exact) mass is 384 g/mol. The number of piperidine rings is 1. The third-order valence-electron chi connectivity index (χ3n) is 5.04. The van der Waals surface area contributed by atoms with Gasteiger partial charge in [-0.15, -0.1) is 5.10 Å².